The van der Waals surface area contributed by atoms with Crippen LogP contribution in [0.25, 0.3) is 0 Å². The van der Waals surface area contributed by atoms with Crippen molar-refractivity contribution in [2.75, 3.05) is 0 Å². The summed E-state index contributed by atoms with van der Waals surface area (Å²) in [4.78, 5) is 26.8. The van der Waals surface area contributed by atoms with Crippen molar-refractivity contribution in [2.24, 2.45) is 23.7 Å². The summed E-state index contributed by atoms with van der Waals surface area (Å²) in [6.07, 6.45) is 6.37. The number of benzene rings is 1. The number of rotatable bonds is 2. The van der Waals surface area contributed by atoms with Crippen molar-refractivity contribution in [1.29, 1.82) is 0 Å². The number of allylic oxidation sites excluding steroid dienone is 2. The molecule has 5 rings (SSSR count). The highest BCUT2D eigenvalue weighted by Crippen LogP contribution is 2.49. The Bertz CT molecular complexity index is 605. The van der Waals surface area contributed by atoms with Crippen LogP contribution in [-0.2, 0) is 16.1 Å². The minimum Gasteiger partial charge on any atom is -0.278 e. The van der Waals surface area contributed by atoms with Crippen LogP contribution in [0, 0.1) is 23.7 Å². The molecule has 0 N–H and O–H groups in total. The highest BCUT2D eigenvalue weighted by molar-refractivity contribution is 6.30. The maximum Gasteiger partial charge on any atom is 0.234 e. The molecule has 4 atom stereocenters. The van der Waals surface area contributed by atoms with E-state index in [9.17, 15) is 9.59 Å². The summed E-state index contributed by atoms with van der Waals surface area (Å²) in [7, 11) is 0. The molecule has 21 heavy (non-hydrogen) atoms. The fourth-order valence-corrected chi connectivity index (χ4v) is 4.19. The van der Waals surface area contributed by atoms with Crippen molar-refractivity contribution in [3.05, 3.63) is 47.0 Å². The summed E-state index contributed by atoms with van der Waals surface area (Å²) in [6, 6.07) is 7.33. The molecule has 0 spiro atoms. The maximum absolute atomic E-state index is 12.7. The number of likely N-dealkylation sites (tertiary alicyclic amines) is 1. The zero-order valence-corrected chi connectivity index (χ0v) is 12.3. The van der Waals surface area contributed by atoms with E-state index in [-0.39, 0.29) is 35.5 Å². The van der Waals surface area contributed by atoms with Crippen LogP contribution in [0.2, 0.25) is 5.02 Å². The molecule has 108 valence electrons. The number of hydrogen-bond acceptors (Lipinski definition) is 2. The van der Waals surface area contributed by atoms with Crippen LogP contribution in [-0.4, -0.2) is 16.7 Å². The summed E-state index contributed by atoms with van der Waals surface area (Å²) in [5.74, 6) is 0.304. The predicted octanol–water partition coefficient (Wildman–Crippen LogP) is 3.04. The molecule has 1 saturated carbocycles. The Kier molecular flexibility index (Phi) is 2.93. The van der Waals surface area contributed by atoms with Crippen LogP contribution >= 0.6 is 11.6 Å². The number of imide groups is 1. The van der Waals surface area contributed by atoms with Gasteiger partial charge in [0.25, 0.3) is 0 Å². The Hall–Kier alpha value is -1.61. The Labute approximate surface area is 128 Å². The molecular formula is C17H16ClNO2. The second kappa shape index (κ2) is 4.70. The molecule has 4 heteroatoms. The quantitative estimate of drug-likeness (QED) is 0.622. The third-order valence-electron chi connectivity index (χ3n) is 5.10. The van der Waals surface area contributed by atoms with Gasteiger partial charge in [-0.15, -0.1) is 0 Å². The summed E-state index contributed by atoms with van der Waals surface area (Å²) in [5.41, 5.74) is 0.944. The highest BCUT2D eigenvalue weighted by atomic mass is 35.5. The van der Waals surface area contributed by atoms with Gasteiger partial charge in [0.1, 0.15) is 0 Å². The number of amides is 2. The number of nitrogens with zero attached hydrogens (tertiary/aromatic N) is 1. The lowest BCUT2D eigenvalue weighted by Crippen LogP contribution is -2.38. The zero-order chi connectivity index (χ0) is 14.6. The monoisotopic (exact) mass is 301 g/mol. The first-order valence-corrected chi connectivity index (χ1v) is 7.81. The standard InChI is InChI=1S/C17H16ClNO2/c18-13-7-1-10(2-8-13)9-19-16(20)14-11-3-4-12(6-5-11)15(14)17(19)21/h1-4,7-8,11-12,14-15H,5-6,9H2/t11?,12?,14-,15+. The van der Waals surface area contributed by atoms with Crippen LogP contribution in [0.1, 0.15) is 18.4 Å². The van der Waals surface area contributed by atoms with Gasteiger partial charge < -0.3 is 0 Å². The van der Waals surface area contributed by atoms with E-state index in [4.69, 9.17) is 11.6 Å². The van der Waals surface area contributed by atoms with Gasteiger partial charge in [0, 0.05) is 5.02 Å². The molecule has 1 aromatic carbocycles. The van der Waals surface area contributed by atoms with Crippen LogP contribution in [0.5, 0.6) is 0 Å². The van der Waals surface area contributed by atoms with Gasteiger partial charge >= 0.3 is 0 Å². The van der Waals surface area contributed by atoms with E-state index in [1.54, 1.807) is 12.1 Å². The van der Waals surface area contributed by atoms with E-state index in [1.165, 1.54) is 4.90 Å². The maximum atomic E-state index is 12.7. The molecular weight excluding hydrogens is 286 g/mol. The van der Waals surface area contributed by atoms with Crippen molar-refractivity contribution in [3.63, 3.8) is 0 Å². The van der Waals surface area contributed by atoms with Gasteiger partial charge in [-0.2, -0.15) is 0 Å². The van der Waals surface area contributed by atoms with Gasteiger partial charge in [0.15, 0.2) is 0 Å². The molecule has 2 bridgehead atoms. The molecule has 0 radical (unpaired) electrons. The first-order valence-electron chi connectivity index (χ1n) is 7.43. The average Bonchev–Trinajstić information content (AvgIpc) is 2.78. The first kappa shape index (κ1) is 13.1. The normalized spacial score (nSPS) is 33.7. The fraction of sp³-hybridized carbons (Fsp3) is 0.412. The van der Waals surface area contributed by atoms with Crippen molar-refractivity contribution in [3.8, 4) is 0 Å². The highest BCUT2D eigenvalue weighted by Gasteiger charge is 2.56. The number of hydrogen-bond donors (Lipinski definition) is 0. The molecule has 2 amide bonds. The van der Waals surface area contributed by atoms with Crippen LogP contribution in [0.4, 0.5) is 0 Å². The van der Waals surface area contributed by atoms with E-state index in [2.05, 4.69) is 12.2 Å². The predicted molar refractivity (Wildman–Crippen MR) is 79.3 cm³/mol. The minimum atomic E-state index is -0.117. The third-order valence-corrected chi connectivity index (χ3v) is 5.36. The summed E-state index contributed by atoms with van der Waals surface area (Å²) in [5, 5.41) is 0.661. The summed E-state index contributed by atoms with van der Waals surface area (Å²) >= 11 is 5.88. The summed E-state index contributed by atoms with van der Waals surface area (Å²) in [6.45, 7) is 0.362. The molecule has 2 fully saturated rings. The lowest BCUT2D eigenvalue weighted by molar-refractivity contribution is -0.140. The van der Waals surface area contributed by atoms with Crippen LogP contribution in [0.3, 0.4) is 0 Å². The Morgan fingerprint density at radius 2 is 1.48 bits per heavy atom. The SMILES string of the molecule is O=C1[C@@H]2C3C=CC(CC3)[C@@H]2C(=O)N1Cc1ccc(Cl)cc1. The Morgan fingerprint density at radius 1 is 0.952 bits per heavy atom. The number of fused-ring (bicyclic) bond motifs is 1. The van der Waals surface area contributed by atoms with Crippen LogP contribution < -0.4 is 0 Å². The number of carbonyl (C=O) groups is 2. The van der Waals surface area contributed by atoms with Crippen molar-refractivity contribution in [2.45, 2.75) is 19.4 Å². The van der Waals surface area contributed by atoms with Gasteiger partial charge in [-0.1, -0.05) is 35.9 Å². The molecule has 3 aliphatic carbocycles. The molecule has 1 heterocycles. The zero-order valence-electron chi connectivity index (χ0n) is 11.5. The lowest BCUT2D eigenvalue weighted by atomic mass is 9.63. The van der Waals surface area contributed by atoms with E-state index >= 15 is 0 Å². The van der Waals surface area contributed by atoms with E-state index in [1.807, 2.05) is 12.1 Å². The summed E-state index contributed by atoms with van der Waals surface area (Å²) < 4.78 is 0. The van der Waals surface area contributed by atoms with Gasteiger partial charge in [-0.3, -0.25) is 14.5 Å². The topological polar surface area (TPSA) is 37.4 Å². The smallest absolute Gasteiger partial charge is 0.234 e. The minimum absolute atomic E-state index is 0.0130. The van der Waals surface area contributed by atoms with Crippen LogP contribution in [0.15, 0.2) is 36.4 Å². The first-order chi connectivity index (χ1) is 10.1. The Balaban J connectivity index is 1.61. The van der Waals surface area contributed by atoms with Gasteiger partial charge in [0.2, 0.25) is 11.8 Å². The van der Waals surface area contributed by atoms with Gasteiger partial charge in [-0.25, -0.2) is 0 Å². The van der Waals surface area contributed by atoms with Crippen molar-refractivity contribution in [1.82, 2.24) is 4.90 Å². The molecule has 1 saturated heterocycles. The largest absolute Gasteiger partial charge is 0.278 e. The van der Waals surface area contributed by atoms with Crippen molar-refractivity contribution < 1.29 is 9.59 Å². The third kappa shape index (κ3) is 1.95. The molecule has 0 aromatic heterocycles. The van der Waals surface area contributed by atoms with Gasteiger partial charge in [0.05, 0.1) is 18.4 Å². The fourth-order valence-electron chi connectivity index (χ4n) is 4.06. The molecule has 1 aromatic rings. The lowest BCUT2D eigenvalue weighted by Gasteiger charge is -2.38. The number of carbonyl (C=O) groups excluding carboxylic acids is 2. The second-order valence-electron chi connectivity index (χ2n) is 6.23. The van der Waals surface area contributed by atoms with Gasteiger partial charge in [-0.05, 0) is 42.4 Å². The van der Waals surface area contributed by atoms with E-state index in [0.717, 1.165) is 18.4 Å². The molecule has 3 nitrogen and oxygen atoms in total. The molecule has 4 aliphatic rings. The number of halogens is 1. The van der Waals surface area contributed by atoms with Crippen molar-refractivity contribution >= 4 is 23.4 Å². The second-order valence-corrected chi connectivity index (χ2v) is 6.67. The Morgan fingerprint density at radius 3 is 1.95 bits per heavy atom. The average molecular weight is 302 g/mol. The molecule has 2 unspecified atom stereocenters. The van der Waals surface area contributed by atoms with E-state index in [0.29, 0.717) is 11.6 Å². The molecule has 1 aliphatic heterocycles. The van der Waals surface area contributed by atoms with E-state index < -0.39 is 0 Å².